The van der Waals surface area contributed by atoms with Gasteiger partial charge in [0.15, 0.2) is 0 Å². The zero-order valence-electron chi connectivity index (χ0n) is 23.6. The Morgan fingerprint density at radius 3 is 1.45 bits per heavy atom. The molecule has 1 saturated carbocycles. The number of carbonyl (C=O) groups is 1. The van der Waals surface area contributed by atoms with Gasteiger partial charge < -0.3 is 19.1 Å². The van der Waals surface area contributed by atoms with Crippen LogP contribution in [-0.2, 0) is 38.8 Å². The number of rotatable bonds is 10. The molecule has 0 aromatic heterocycles. The van der Waals surface area contributed by atoms with Crippen LogP contribution < -0.4 is 0 Å². The van der Waals surface area contributed by atoms with Crippen molar-refractivity contribution < 1.29 is 32.2 Å². The fourth-order valence-electron chi connectivity index (χ4n) is 5.89. The number of alkyl halides is 3. The van der Waals surface area contributed by atoms with Gasteiger partial charge >= 0.3 is 6.18 Å². The molecule has 0 bridgehead atoms. The number of hydrogen-bond donors (Lipinski definition) is 0. The van der Waals surface area contributed by atoms with Crippen molar-refractivity contribution in [2.45, 2.75) is 70.0 Å². The van der Waals surface area contributed by atoms with Crippen LogP contribution in [-0.4, -0.2) is 48.4 Å². The maximum Gasteiger partial charge on any atom is 0.391 e. The second-order valence-corrected chi connectivity index (χ2v) is 11.3. The topological polar surface area (TPSA) is 48.0 Å². The molecule has 0 N–H and O–H groups in total. The molecular formula is C34H38F3NO4. The lowest BCUT2D eigenvalue weighted by molar-refractivity contribution is -0.194. The number of likely N-dealkylation sites (tertiary alicyclic amines) is 1. The Bertz CT molecular complexity index is 1180. The number of ether oxygens (including phenoxy) is 3. The molecule has 42 heavy (non-hydrogen) atoms. The number of benzene rings is 3. The van der Waals surface area contributed by atoms with Gasteiger partial charge in [-0.3, -0.25) is 4.79 Å². The third-order valence-electron chi connectivity index (χ3n) is 8.28. The van der Waals surface area contributed by atoms with Crippen molar-refractivity contribution in [3.8, 4) is 0 Å². The van der Waals surface area contributed by atoms with Gasteiger partial charge in [0.05, 0.1) is 25.7 Å². The van der Waals surface area contributed by atoms with E-state index < -0.39 is 36.3 Å². The first kappa shape index (κ1) is 30.3. The first-order valence-electron chi connectivity index (χ1n) is 14.7. The molecule has 1 heterocycles. The zero-order chi connectivity index (χ0) is 29.4. The molecule has 0 spiro atoms. The van der Waals surface area contributed by atoms with Crippen molar-refractivity contribution in [2.24, 2.45) is 11.8 Å². The van der Waals surface area contributed by atoms with Gasteiger partial charge in [0, 0.05) is 19.0 Å². The quantitative estimate of drug-likeness (QED) is 0.260. The van der Waals surface area contributed by atoms with Crippen molar-refractivity contribution in [3.63, 3.8) is 0 Å². The van der Waals surface area contributed by atoms with Crippen molar-refractivity contribution in [3.05, 3.63) is 108 Å². The number of halogens is 3. The normalized spacial score (nSPS) is 24.8. The fourth-order valence-corrected chi connectivity index (χ4v) is 5.89. The number of piperidine rings is 1. The summed E-state index contributed by atoms with van der Waals surface area (Å²) in [5.74, 6) is -1.89. The summed E-state index contributed by atoms with van der Waals surface area (Å²) in [7, 11) is 0. The molecule has 8 heteroatoms. The minimum Gasteiger partial charge on any atom is -0.369 e. The van der Waals surface area contributed by atoms with Gasteiger partial charge in [-0.1, -0.05) is 91.0 Å². The van der Waals surface area contributed by atoms with E-state index in [9.17, 15) is 18.0 Å². The molecule has 1 aliphatic carbocycles. The number of nitrogens with zero attached hydrogens (tertiary/aromatic N) is 1. The van der Waals surface area contributed by atoms with Gasteiger partial charge in [-0.15, -0.1) is 0 Å². The van der Waals surface area contributed by atoms with Gasteiger partial charge in [0.2, 0.25) is 5.91 Å². The summed E-state index contributed by atoms with van der Waals surface area (Å²) in [6, 6.07) is 29.4. The van der Waals surface area contributed by atoms with Crippen LogP contribution in [0.5, 0.6) is 0 Å². The van der Waals surface area contributed by atoms with Gasteiger partial charge in [-0.05, 0) is 42.4 Å². The summed E-state index contributed by atoms with van der Waals surface area (Å²) < 4.78 is 59.2. The zero-order valence-corrected chi connectivity index (χ0v) is 23.6. The van der Waals surface area contributed by atoms with Crippen molar-refractivity contribution in [1.29, 1.82) is 0 Å². The summed E-state index contributed by atoms with van der Waals surface area (Å²) in [6.45, 7) is 1.60. The minimum atomic E-state index is -4.21. The van der Waals surface area contributed by atoms with E-state index in [0.29, 0.717) is 19.8 Å². The average Bonchev–Trinajstić information content (AvgIpc) is 3.02. The van der Waals surface area contributed by atoms with Gasteiger partial charge in [-0.2, -0.15) is 13.2 Å². The fraction of sp³-hybridized carbons (Fsp3) is 0.441. The Labute approximate surface area is 245 Å². The monoisotopic (exact) mass is 581 g/mol. The smallest absolute Gasteiger partial charge is 0.369 e. The van der Waals surface area contributed by atoms with Crippen LogP contribution in [0, 0.1) is 11.8 Å². The highest BCUT2D eigenvalue weighted by Gasteiger charge is 2.45. The van der Waals surface area contributed by atoms with E-state index in [1.807, 2.05) is 91.0 Å². The van der Waals surface area contributed by atoms with Gasteiger partial charge in [0.1, 0.15) is 18.3 Å². The summed E-state index contributed by atoms with van der Waals surface area (Å²) in [4.78, 5) is 15.5. The maximum absolute atomic E-state index is 13.7. The van der Waals surface area contributed by atoms with Crippen LogP contribution in [0.2, 0.25) is 0 Å². The van der Waals surface area contributed by atoms with Crippen molar-refractivity contribution >= 4 is 5.91 Å². The SMILES string of the molecule is O=C(C1CCC(C(F)(F)F)CC1)N1CC(OCc2ccccc2)C(OCc2ccccc2)C(OCc2ccccc2)C1. The Morgan fingerprint density at radius 1 is 0.643 bits per heavy atom. The molecule has 1 aliphatic heterocycles. The van der Waals surface area contributed by atoms with Crippen LogP contribution in [0.4, 0.5) is 13.2 Å². The van der Waals surface area contributed by atoms with Crippen molar-refractivity contribution in [2.75, 3.05) is 13.1 Å². The van der Waals surface area contributed by atoms with Crippen LogP contribution in [0.1, 0.15) is 42.4 Å². The maximum atomic E-state index is 13.7. The van der Waals surface area contributed by atoms with E-state index in [2.05, 4.69) is 0 Å². The highest BCUT2D eigenvalue weighted by Crippen LogP contribution is 2.40. The van der Waals surface area contributed by atoms with Crippen LogP contribution in [0.25, 0.3) is 0 Å². The second kappa shape index (κ2) is 14.3. The molecule has 1 amide bonds. The predicted octanol–water partition coefficient (Wildman–Crippen LogP) is 6.95. The van der Waals surface area contributed by atoms with E-state index >= 15 is 0 Å². The Kier molecular flexibility index (Phi) is 10.3. The molecule has 1 saturated heterocycles. The predicted molar refractivity (Wildman–Crippen MR) is 153 cm³/mol. The highest BCUT2D eigenvalue weighted by molar-refractivity contribution is 5.79. The first-order chi connectivity index (χ1) is 20.4. The number of carbonyl (C=O) groups excluding carboxylic acids is 1. The molecule has 224 valence electrons. The third-order valence-corrected chi connectivity index (χ3v) is 8.28. The molecule has 5 rings (SSSR count). The number of amides is 1. The summed E-state index contributed by atoms with van der Waals surface area (Å²) in [6.07, 6.45) is -5.20. The van der Waals surface area contributed by atoms with Crippen molar-refractivity contribution in [1.82, 2.24) is 4.90 Å². The van der Waals surface area contributed by atoms with E-state index in [1.54, 1.807) is 4.90 Å². The third kappa shape index (κ3) is 8.21. The Morgan fingerprint density at radius 2 is 1.05 bits per heavy atom. The lowest BCUT2D eigenvalue weighted by Crippen LogP contribution is -2.60. The highest BCUT2D eigenvalue weighted by atomic mass is 19.4. The van der Waals surface area contributed by atoms with Crippen LogP contribution >= 0.6 is 0 Å². The molecular weight excluding hydrogens is 543 g/mol. The molecule has 3 aromatic carbocycles. The minimum absolute atomic E-state index is 0.0154. The van der Waals surface area contributed by atoms with E-state index in [1.165, 1.54) is 0 Å². The van der Waals surface area contributed by atoms with E-state index in [4.69, 9.17) is 14.2 Å². The lowest BCUT2D eigenvalue weighted by atomic mass is 9.80. The molecule has 2 fully saturated rings. The Hall–Kier alpha value is -3.20. The summed E-state index contributed by atoms with van der Waals surface area (Å²) >= 11 is 0. The molecule has 2 aliphatic rings. The van der Waals surface area contributed by atoms with E-state index in [-0.39, 0.29) is 44.7 Å². The van der Waals surface area contributed by atoms with Gasteiger partial charge in [-0.25, -0.2) is 0 Å². The number of hydrogen-bond acceptors (Lipinski definition) is 4. The first-order valence-corrected chi connectivity index (χ1v) is 14.7. The average molecular weight is 582 g/mol. The molecule has 2 unspecified atom stereocenters. The largest absolute Gasteiger partial charge is 0.391 e. The summed E-state index contributed by atoms with van der Waals surface area (Å²) in [5.41, 5.74) is 3.01. The van der Waals surface area contributed by atoms with Crippen LogP contribution in [0.15, 0.2) is 91.0 Å². The Balaban J connectivity index is 1.34. The molecule has 0 radical (unpaired) electrons. The molecule has 3 aromatic rings. The lowest BCUT2D eigenvalue weighted by Gasteiger charge is -2.44. The standard InChI is InChI=1S/C34H38F3NO4/c35-34(36,37)29-18-16-28(17-19-29)33(39)38-20-30(40-22-25-10-4-1-5-11-25)32(42-24-27-14-8-3-9-15-27)31(21-38)41-23-26-12-6-2-7-13-26/h1-15,28-32H,16-24H2. The van der Waals surface area contributed by atoms with Gasteiger partial charge in [0.25, 0.3) is 0 Å². The van der Waals surface area contributed by atoms with Crippen LogP contribution in [0.3, 0.4) is 0 Å². The second-order valence-electron chi connectivity index (χ2n) is 11.3. The molecule has 5 nitrogen and oxygen atoms in total. The van der Waals surface area contributed by atoms with E-state index in [0.717, 1.165) is 16.7 Å². The molecule has 2 atom stereocenters. The summed E-state index contributed by atoms with van der Waals surface area (Å²) in [5, 5.41) is 0.